The number of carbonyl (C=O) groups is 5. The lowest BCUT2D eigenvalue weighted by Crippen LogP contribution is -2.57. The first kappa shape index (κ1) is 29.9. The van der Waals surface area contributed by atoms with E-state index in [1.54, 1.807) is 0 Å². The molecular weight excluding hydrogens is 480 g/mol. The molecule has 4 atom stereocenters. The van der Waals surface area contributed by atoms with E-state index in [0.29, 0.717) is 25.1 Å². The van der Waals surface area contributed by atoms with Gasteiger partial charge in [-0.1, -0.05) is 0 Å². The molecule has 1 rings (SSSR count). The molecule has 35 heavy (non-hydrogen) atoms. The van der Waals surface area contributed by atoms with Crippen molar-refractivity contribution < 1.29 is 29.1 Å². The van der Waals surface area contributed by atoms with E-state index in [1.807, 2.05) is 0 Å². The Morgan fingerprint density at radius 1 is 1.00 bits per heavy atom. The van der Waals surface area contributed by atoms with Crippen molar-refractivity contribution >= 4 is 42.2 Å². The SMILES string of the molecule is NCCCCC(NC(=O)C(N)CCC(N)=O)C(=O)NC(CS)C(=O)NC(Cc1cnc[nH]1)C(=O)O. The van der Waals surface area contributed by atoms with E-state index in [2.05, 4.69) is 38.5 Å². The van der Waals surface area contributed by atoms with Crippen LogP contribution in [0, 0.1) is 0 Å². The summed E-state index contributed by atoms with van der Waals surface area (Å²) in [6.07, 6.45) is 4.00. The number of aromatic nitrogens is 2. The number of hydrogen-bond donors (Lipinski definition) is 9. The van der Waals surface area contributed by atoms with Crippen LogP contribution in [0.3, 0.4) is 0 Å². The van der Waals surface area contributed by atoms with E-state index in [4.69, 9.17) is 17.2 Å². The third-order valence-electron chi connectivity index (χ3n) is 5.03. The number of primary amides is 1. The lowest BCUT2D eigenvalue weighted by atomic mass is 10.1. The Bertz CT molecular complexity index is 853. The molecule has 0 radical (unpaired) electrons. The largest absolute Gasteiger partial charge is 0.480 e. The van der Waals surface area contributed by atoms with Crippen molar-refractivity contribution in [3.8, 4) is 0 Å². The molecule has 0 saturated heterocycles. The average Bonchev–Trinajstić information content (AvgIpc) is 3.32. The standard InChI is InChI=1S/C20H34N8O6S/c21-6-2-1-3-13(26-17(30)12(22)4-5-16(23)29)18(31)28-15(9-35)19(32)27-14(20(33)34)7-11-8-24-10-25-11/h8,10,12-15,35H,1-7,9,21-22H2,(H2,23,29)(H,24,25)(H,26,30)(H,27,32)(H,28,31)(H,33,34). The van der Waals surface area contributed by atoms with Gasteiger partial charge in [-0.05, 0) is 32.2 Å². The first-order chi connectivity index (χ1) is 16.6. The molecule has 1 heterocycles. The highest BCUT2D eigenvalue weighted by atomic mass is 32.1. The van der Waals surface area contributed by atoms with E-state index < -0.39 is 53.8 Å². The first-order valence-corrected chi connectivity index (χ1v) is 11.7. The number of nitrogens with two attached hydrogens (primary N) is 3. The fourth-order valence-electron chi connectivity index (χ4n) is 3.02. The van der Waals surface area contributed by atoms with Crippen LogP contribution in [-0.2, 0) is 30.4 Å². The number of nitrogens with one attached hydrogen (secondary N) is 4. The molecule has 0 fully saturated rings. The molecule has 0 bridgehead atoms. The summed E-state index contributed by atoms with van der Waals surface area (Å²) in [7, 11) is 0. The average molecular weight is 515 g/mol. The lowest BCUT2D eigenvalue weighted by molar-refractivity contribution is -0.142. The number of rotatable bonds is 17. The zero-order valence-corrected chi connectivity index (χ0v) is 20.1. The number of imidazole rings is 1. The zero-order valence-electron chi connectivity index (χ0n) is 19.2. The minimum Gasteiger partial charge on any atom is -0.480 e. The summed E-state index contributed by atoms with van der Waals surface area (Å²) in [5, 5.41) is 16.8. The molecular formula is C20H34N8O6S. The number of nitrogens with zero attached hydrogens (tertiary/aromatic N) is 1. The Morgan fingerprint density at radius 2 is 1.63 bits per heavy atom. The van der Waals surface area contributed by atoms with Gasteiger partial charge >= 0.3 is 5.97 Å². The van der Waals surface area contributed by atoms with Gasteiger partial charge in [-0.2, -0.15) is 12.6 Å². The van der Waals surface area contributed by atoms with E-state index in [-0.39, 0.29) is 31.4 Å². The van der Waals surface area contributed by atoms with Crippen LogP contribution in [0.5, 0.6) is 0 Å². The number of carbonyl (C=O) groups excluding carboxylic acids is 4. The van der Waals surface area contributed by atoms with Gasteiger partial charge in [0.2, 0.25) is 23.6 Å². The van der Waals surface area contributed by atoms with Crippen LogP contribution >= 0.6 is 12.6 Å². The van der Waals surface area contributed by atoms with Crippen molar-refractivity contribution in [2.45, 2.75) is 62.7 Å². The number of amides is 4. The highest BCUT2D eigenvalue weighted by molar-refractivity contribution is 7.80. The lowest BCUT2D eigenvalue weighted by Gasteiger charge is -2.24. The molecule has 11 N–H and O–H groups in total. The second kappa shape index (κ2) is 15.7. The summed E-state index contributed by atoms with van der Waals surface area (Å²) in [4.78, 5) is 67.1. The van der Waals surface area contributed by atoms with Crippen molar-refractivity contribution in [1.82, 2.24) is 25.9 Å². The second-order valence-electron chi connectivity index (χ2n) is 7.88. The fraction of sp³-hybridized carbons (Fsp3) is 0.600. The van der Waals surface area contributed by atoms with Gasteiger partial charge in [-0.15, -0.1) is 0 Å². The monoisotopic (exact) mass is 514 g/mol. The maximum absolute atomic E-state index is 12.9. The number of hydrogen-bond acceptors (Lipinski definition) is 9. The van der Waals surface area contributed by atoms with Crippen LogP contribution in [0.4, 0.5) is 0 Å². The fourth-order valence-corrected chi connectivity index (χ4v) is 3.28. The molecule has 1 aromatic rings. The van der Waals surface area contributed by atoms with Crippen molar-refractivity contribution in [1.29, 1.82) is 0 Å². The molecule has 4 unspecified atom stereocenters. The summed E-state index contributed by atoms with van der Waals surface area (Å²) >= 11 is 4.09. The summed E-state index contributed by atoms with van der Waals surface area (Å²) in [6.45, 7) is 0.384. The number of unbranched alkanes of at least 4 members (excludes halogenated alkanes) is 1. The smallest absolute Gasteiger partial charge is 0.326 e. The third kappa shape index (κ3) is 11.2. The van der Waals surface area contributed by atoms with E-state index >= 15 is 0 Å². The number of carboxylic acid groups (broad SMARTS) is 1. The van der Waals surface area contributed by atoms with E-state index in [1.165, 1.54) is 12.5 Å². The molecule has 0 aliphatic carbocycles. The van der Waals surface area contributed by atoms with Gasteiger partial charge in [0.15, 0.2) is 0 Å². The molecule has 15 heteroatoms. The second-order valence-corrected chi connectivity index (χ2v) is 8.25. The predicted octanol–water partition coefficient (Wildman–Crippen LogP) is -2.86. The van der Waals surface area contributed by atoms with Gasteiger partial charge in [-0.3, -0.25) is 19.2 Å². The van der Waals surface area contributed by atoms with E-state index in [0.717, 1.165) is 0 Å². The Kier molecular flexibility index (Phi) is 13.4. The summed E-state index contributed by atoms with van der Waals surface area (Å²) < 4.78 is 0. The van der Waals surface area contributed by atoms with Gasteiger partial charge in [0.05, 0.1) is 12.4 Å². The molecule has 0 spiro atoms. The van der Waals surface area contributed by atoms with Crippen molar-refractivity contribution in [2.24, 2.45) is 17.2 Å². The minimum atomic E-state index is -1.27. The van der Waals surface area contributed by atoms with Gasteiger partial charge < -0.3 is 43.2 Å². The molecule has 0 saturated carbocycles. The van der Waals surface area contributed by atoms with Crippen molar-refractivity contribution in [3.63, 3.8) is 0 Å². The molecule has 4 amide bonds. The van der Waals surface area contributed by atoms with Crippen molar-refractivity contribution in [2.75, 3.05) is 12.3 Å². The highest BCUT2D eigenvalue weighted by Gasteiger charge is 2.30. The third-order valence-corrected chi connectivity index (χ3v) is 5.39. The van der Waals surface area contributed by atoms with E-state index in [9.17, 15) is 29.1 Å². The topological polar surface area (TPSA) is 248 Å². The normalized spacial score (nSPS) is 14.3. The summed E-state index contributed by atoms with van der Waals surface area (Å²) in [5.74, 6) is -4.10. The van der Waals surface area contributed by atoms with Crippen LogP contribution in [0.15, 0.2) is 12.5 Å². The Balaban J connectivity index is 2.82. The number of H-pyrrole nitrogens is 1. The number of thiol groups is 1. The summed E-state index contributed by atoms with van der Waals surface area (Å²) in [5.41, 5.74) is 16.8. The highest BCUT2D eigenvalue weighted by Crippen LogP contribution is 2.05. The number of aromatic amines is 1. The molecule has 0 aliphatic heterocycles. The predicted molar refractivity (Wildman–Crippen MR) is 129 cm³/mol. The maximum Gasteiger partial charge on any atom is 0.326 e. The molecule has 0 aliphatic rings. The van der Waals surface area contributed by atoms with Gasteiger partial charge in [0, 0.05) is 30.5 Å². The van der Waals surface area contributed by atoms with Crippen molar-refractivity contribution in [3.05, 3.63) is 18.2 Å². The van der Waals surface area contributed by atoms with Crippen LogP contribution in [0.25, 0.3) is 0 Å². The van der Waals surface area contributed by atoms with Crippen LogP contribution in [0.1, 0.15) is 37.8 Å². The van der Waals surface area contributed by atoms with Crippen LogP contribution in [0.2, 0.25) is 0 Å². The Morgan fingerprint density at radius 3 is 2.17 bits per heavy atom. The molecule has 1 aromatic heterocycles. The Labute approximate surface area is 207 Å². The first-order valence-electron chi connectivity index (χ1n) is 11.0. The van der Waals surface area contributed by atoms with Crippen LogP contribution < -0.4 is 33.2 Å². The molecule has 14 nitrogen and oxygen atoms in total. The zero-order chi connectivity index (χ0) is 26.4. The maximum atomic E-state index is 12.9. The van der Waals surface area contributed by atoms with Crippen LogP contribution in [-0.4, -0.2) is 81.1 Å². The van der Waals surface area contributed by atoms with Gasteiger partial charge in [0.1, 0.15) is 18.1 Å². The quantitative estimate of drug-likeness (QED) is 0.0765. The minimum absolute atomic E-state index is 0.00683. The molecule has 0 aromatic carbocycles. The van der Waals surface area contributed by atoms with Gasteiger partial charge in [0.25, 0.3) is 0 Å². The molecule has 196 valence electrons. The summed E-state index contributed by atoms with van der Waals surface area (Å²) in [6, 6.07) is -4.54. The Hall–Kier alpha value is -3.17. The number of carboxylic acids is 1. The number of aliphatic carboxylic acids is 1. The van der Waals surface area contributed by atoms with Gasteiger partial charge in [-0.25, -0.2) is 9.78 Å².